The number of hydrogen-bond acceptors (Lipinski definition) is 1. The smallest absolute Gasteiger partial charge is 0.0541 e. The summed E-state index contributed by atoms with van der Waals surface area (Å²) in [7, 11) is -3.97. The molecule has 0 aliphatic rings. The Morgan fingerprint density at radius 3 is 0.829 bits per heavy atom. The number of anilines is 3. The van der Waals surface area contributed by atoms with Gasteiger partial charge in [-0.2, -0.15) is 0 Å². The first-order chi connectivity index (χ1) is 34.7. The van der Waals surface area contributed by atoms with E-state index in [4.69, 9.17) is 0 Å². The van der Waals surface area contributed by atoms with Crippen molar-refractivity contribution in [2.75, 3.05) is 4.90 Å². The molecule has 0 spiro atoms. The van der Waals surface area contributed by atoms with Gasteiger partial charge in [-0.15, -0.1) is 20.1 Å². The molecule has 0 atom stereocenters. The number of fused-ring (bicyclic) bond motifs is 3. The van der Waals surface area contributed by atoms with E-state index < -0.39 is 20.1 Å². The summed E-state index contributed by atoms with van der Waals surface area (Å²) in [6.45, 7) is 0. The third kappa shape index (κ3) is 7.32. The molecule has 12 aromatic rings. The molecule has 12 rings (SSSR count). The van der Waals surface area contributed by atoms with E-state index in [0.29, 0.717) is 0 Å². The van der Waals surface area contributed by atoms with E-state index in [1.54, 1.807) is 0 Å². The normalized spacial score (nSPS) is 12.2. The zero-order valence-electron chi connectivity index (χ0n) is 38.6. The number of para-hydroxylation sites is 2. The van der Waals surface area contributed by atoms with Crippen LogP contribution in [-0.4, -0.2) is 4.57 Å². The number of aromatic nitrogens is 1. The molecule has 336 valence electrons. The number of rotatable bonds is 12. The van der Waals surface area contributed by atoms with Crippen molar-refractivity contribution in [1.29, 1.82) is 0 Å². The second kappa shape index (κ2) is 18.7. The zero-order chi connectivity index (χ0) is 46.7. The van der Waals surface area contributed by atoms with Crippen LogP contribution in [0.3, 0.4) is 0 Å². The highest BCUT2D eigenvalue weighted by Crippen LogP contribution is 2.75. The van der Waals surface area contributed by atoms with Crippen LogP contribution >= 0.6 is 20.1 Å². The van der Waals surface area contributed by atoms with Gasteiger partial charge in [-0.3, -0.25) is 0 Å². The van der Waals surface area contributed by atoms with Crippen LogP contribution in [0.2, 0.25) is 0 Å². The van der Waals surface area contributed by atoms with Gasteiger partial charge in [-0.1, -0.05) is 152 Å². The lowest BCUT2D eigenvalue weighted by atomic mass is 10.1. The van der Waals surface area contributed by atoms with E-state index in [1.165, 1.54) is 49.9 Å². The fourth-order valence-corrected chi connectivity index (χ4v) is 18.2. The van der Waals surface area contributed by atoms with E-state index in [2.05, 4.69) is 313 Å². The number of hydrogen-bond donors (Lipinski definition) is 0. The van der Waals surface area contributed by atoms with E-state index >= 15 is 0 Å². The van der Waals surface area contributed by atoms with Crippen molar-refractivity contribution in [1.82, 2.24) is 4.57 Å². The van der Waals surface area contributed by atoms with Crippen LogP contribution in [0.5, 0.6) is 0 Å². The van der Waals surface area contributed by atoms with Crippen LogP contribution in [-0.2, 0) is 0 Å². The summed E-state index contributed by atoms with van der Waals surface area (Å²) in [5, 5.41) is 2.43. The summed E-state index contributed by atoms with van der Waals surface area (Å²) in [6, 6.07) is 112. The van der Waals surface area contributed by atoms with Gasteiger partial charge < -0.3 is 9.47 Å². The maximum absolute atomic E-state index is 2.54. The highest BCUT2D eigenvalue weighted by molar-refractivity contribution is 8.34. The zero-order valence-corrected chi connectivity index (χ0v) is 40.2. The molecule has 11 aromatic carbocycles. The van der Waals surface area contributed by atoms with Crippen LogP contribution in [0.15, 0.2) is 342 Å². The van der Waals surface area contributed by atoms with Gasteiger partial charge in [-0.05, 0) is 152 Å². The lowest BCUT2D eigenvalue weighted by Gasteiger charge is -2.42. The van der Waals surface area contributed by atoms with Gasteiger partial charge in [0.25, 0.3) is 0 Å². The predicted molar refractivity (Wildman–Crippen MR) is 295 cm³/mol. The van der Waals surface area contributed by atoms with Gasteiger partial charge in [0.2, 0.25) is 0 Å². The molecular weight excluding hydrogens is 885 g/mol. The van der Waals surface area contributed by atoms with Crippen LogP contribution < -0.4 is 4.90 Å². The molecule has 0 aliphatic carbocycles. The molecule has 2 nitrogen and oxygen atoms in total. The predicted octanol–water partition coefficient (Wildman–Crippen LogP) is 18.9. The second-order valence-corrected chi connectivity index (χ2v) is 23.5. The molecule has 0 fully saturated rings. The highest BCUT2D eigenvalue weighted by atomic mass is 32.3. The Labute approximate surface area is 414 Å². The SMILES string of the molecule is c1ccc(N(c2ccccc2)c2cccc(-n3c4ccc(S(c5ccccc5)(c5ccccc5)c5ccccc5)cc4c4cc(S(c5ccccc5)(c5ccccc5)c5ccccc5)ccc43)c2)cc1. The Balaban J connectivity index is 1.19. The van der Waals surface area contributed by atoms with Gasteiger partial charge in [0.15, 0.2) is 0 Å². The van der Waals surface area contributed by atoms with Crippen molar-refractivity contribution in [2.24, 2.45) is 0 Å². The quantitative estimate of drug-likeness (QED) is 0.118. The summed E-state index contributed by atoms with van der Waals surface area (Å²) in [5.41, 5.74) is 6.69. The number of nitrogens with zero attached hydrogens (tertiary/aromatic N) is 2. The van der Waals surface area contributed by atoms with Crippen molar-refractivity contribution in [2.45, 2.75) is 39.2 Å². The first kappa shape index (κ1) is 43.0. The average molecular weight is 935 g/mol. The lowest BCUT2D eigenvalue weighted by molar-refractivity contribution is 1.16. The maximum Gasteiger partial charge on any atom is 0.0541 e. The Morgan fingerprint density at radius 2 is 0.514 bits per heavy atom. The monoisotopic (exact) mass is 934 g/mol. The minimum absolute atomic E-state index is 1.08. The highest BCUT2D eigenvalue weighted by Gasteiger charge is 2.36. The Hall–Kier alpha value is -8.28. The Kier molecular flexibility index (Phi) is 11.5. The summed E-state index contributed by atoms with van der Waals surface area (Å²) in [5.74, 6) is 0. The molecule has 0 unspecified atom stereocenters. The third-order valence-electron chi connectivity index (χ3n) is 13.4. The van der Waals surface area contributed by atoms with Crippen molar-refractivity contribution < 1.29 is 0 Å². The summed E-state index contributed by atoms with van der Waals surface area (Å²) in [6.07, 6.45) is 0. The first-order valence-electron chi connectivity index (χ1n) is 23.8. The number of benzene rings is 11. The minimum Gasteiger partial charge on any atom is -0.310 e. The maximum atomic E-state index is 2.54. The van der Waals surface area contributed by atoms with E-state index in [-0.39, 0.29) is 0 Å². The van der Waals surface area contributed by atoms with Crippen molar-refractivity contribution in [3.63, 3.8) is 0 Å². The molecule has 0 amide bonds. The fourth-order valence-electron chi connectivity index (χ4n) is 10.4. The molecule has 0 radical (unpaired) electrons. The van der Waals surface area contributed by atoms with E-state index in [9.17, 15) is 0 Å². The topological polar surface area (TPSA) is 8.17 Å². The van der Waals surface area contributed by atoms with Crippen LogP contribution in [0.4, 0.5) is 17.1 Å². The van der Waals surface area contributed by atoms with Gasteiger partial charge in [0.05, 0.1) is 11.0 Å². The third-order valence-corrected chi connectivity index (χ3v) is 21.2. The van der Waals surface area contributed by atoms with Gasteiger partial charge in [0, 0.05) is 72.7 Å². The van der Waals surface area contributed by atoms with Crippen LogP contribution in [0.1, 0.15) is 0 Å². The van der Waals surface area contributed by atoms with Crippen molar-refractivity contribution >= 4 is 58.9 Å². The molecule has 1 aromatic heterocycles. The van der Waals surface area contributed by atoms with Gasteiger partial charge >= 0.3 is 0 Å². The largest absolute Gasteiger partial charge is 0.310 e. The van der Waals surface area contributed by atoms with Crippen molar-refractivity contribution in [3.8, 4) is 5.69 Å². The average Bonchev–Trinajstić information content (AvgIpc) is 3.77. The molecule has 0 saturated heterocycles. The molecule has 0 bridgehead atoms. The molecule has 1 heterocycles. The van der Waals surface area contributed by atoms with Crippen molar-refractivity contribution in [3.05, 3.63) is 303 Å². The Bertz CT molecular complexity index is 3260. The molecule has 0 N–H and O–H groups in total. The van der Waals surface area contributed by atoms with Crippen LogP contribution in [0, 0.1) is 0 Å². The van der Waals surface area contributed by atoms with E-state index in [1.807, 2.05) is 0 Å². The van der Waals surface area contributed by atoms with E-state index in [0.717, 1.165) is 33.8 Å². The molecule has 4 heteroatoms. The second-order valence-electron chi connectivity index (χ2n) is 17.3. The summed E-state index contributed by atoms with van der Waals surface area (Å²) < 4.78 is 2.49. The summed E-state index contributed by atoms with van der Waals surface area (Å²) in [4.78, 5) is 12.7. The fraction of sp³-hybridized carbons (Fsp3) is 0. The lowest BCUT2D eigenvalue weighted by Crippen LogP contribution is -2.10. The minimum atomic E-state index is -1.98. The molecule has 0 saturated carbocycles. The van der Waals surface area contributed by atoms with Gasteiger partial charge in [-0.25, -0.2) is 0 Å². The molecule has 70 heavy (non-hydrogen) atoms. The first-order valence-corrected chi connectivity index (χ1v) is 27.1. The van der Waals surface area contributed by atoms with Gasteiger partial charge in [0.1, 0.15) is 0 Å². The Morgan fingerprint density at radius 1 is 0.229 bits per heavy atom. The summed E-state index contributed by atoms with van der Waals surface area (Å²) >= 11 is 0. The molecule has 0 aliphatic heterocycles. The van der Waals surface area contributed by atoms with Crippen LogP contribution in [0.25, 0.3) is 27.5 Å². The molecular formula is C66H50N2S2. The standard InChI is InChI=1S/C66H50N2S2/c1-9-26-51(27-10-1)67(52-28-11-2-12-29-52)53-30-25-31-54(48-53)68-65-46-44-61(69(55-32-13-3-14-33-55,56-34-15-4-16-35-56)57-36-17-5-18-37-57)49-63(65)64-50-62(45-47-66(64)68)70(58-38-19-6-20-39-58,59-40-21-7-22-41-59)60-42-23-8-24-43-60/h1-50H.